The van der Waals surface area contributed by atoms with Gasteiger partial charge in [0.25, 0.3) is 11.8 Å². The first kappa shape index (κ1) is 22.6. The van der Waals surface area contributed by atoms with E-state index in [1.54, 1.807) is 25.1 Å². The zero-order chi connectivity index (χ0) is 23.3. The maximum Gasteiger partial charge on any atom is 0.271 e. The van der Waals surface area contributed by atoms with Crippen LogP contribution in [0, 0.1) is 11.3 Å². The number of ether oxygens (including phenoxy) is 3. The van der Waals surface area contributed by atoms with Crippen LogP contribution < -0.4 is 14.2 Å². The fourth-order valence-electron chi connectivity index (χ4n) is 3.57. The van der Waals surface area contributed by atoms with Crippen LogP contribution in [0.1, 0.15) is 18.1 Å². The molecule has 32 heavy (non-hydrogen) atoms. The van der Waals surface area contributed by atoms with E-state index in [1.807, 2.05) is 36.4 Å². The smallest absolute Gasteiger partial charge is 0.271 e. The van der Waals surface area contributed by atoms with Gasteiger partial charge in [-0.3, -0.25) is 14.5 Å². The van der Waals surface area contributed by atoms with Crippen LogP contribution in [0.25, 0.3) is 6.08 Å². The lowest BCUT2D eigenvalue weighted by molar-refractivity contribution is -0.140. The normalized spacial score (nSPS) is 15.1. The van der Waals surface area contributed by atoms with Crippen molar-refractivity contribution in [3.63, 3.8) is 0 Å². The molecule has 0 atom stereocenters. The summed E-state index contributed by atoms with van der Waals surface area (Å²) < 4.78 is 16.1. The number of nitrogens with zero attached hydrogens (tertiary/aromatic N) is 2. The van der Waals surface area contributed by atoms with E-state index in [0.717, 1.165) is 10.5 Å². The van der Waals surface area contributed by atoms with Gasteiger partial charge in [-0.1, -0.05) is 30.3 Å². The summed E-state index contributed by atoms with van der Waals surface area (Å²) in [6, 6.07) is 14.9. The van der Waals surface area contributed by atoms with Crippen LogP contribution in [0.5, 0.6) is 17.2 Å². The summed E-state index contributed by atoms with van der Waals surface area (Å²) >= 11 is 0. The Bertz CT molecular complexity index is 1120. The van der Waals surface area contributed by atoms with Crippen molar-refractivity contribution in [2.75, 3.05) is 27.9 Å². The molecular formula is C25H24N2O5. The summed E-state index contributed by atoms with van der Waals surface area (Å²) in [6.45, 7) is 1.78. The molecule has 164 valence electrons. The molecule has 1 aliphatic rings. The highest BCUT2D eigenvalue weighted by Crippen LogP contribution is 2.39. The number of benzene rings is 2. The highest BCUT2D eigenvalue weighted by atomic mass is 16.5. The Morgan fingerprint density at radius 2 is 1.59 bits per heavy atom. The average Bonchev–Trinajstić information content (AvgIpc) is 2.82. The molecule has 0 radical (unpaired) electrons. The van der Waals surface area contributed by atoms with E-state index in [4.69, 9.17) is 14.2 Å². The quantitative estimate of drug-likeness (QED) is 0.491. The molecule has 0 aliphatic carbocycles. The van der Waals surface area contributed by atoms with Gasteiger partial charge < -0.3 is 14.2 Å². The Kier molecular flexibility index (Phi) is 6.96. The molecule has 2 aromatic carbocycles. The van der Waals surface area contributed by atoms with E-state index in [2.05, 4.69) is 0 Å². The topological polar surface area (TPSA) is 88.9 Å². The lowest BCUT2D eigenvalue weighted by atomic mass is 9.93. The Morgan fingerprint density at radius 3 is 2.12 bits per heavy atom. The largest absolute Gasteiger partial charge is 0.493 e. The highest BCUT2D eigenvalue weighted by molar-refractivity contribution is 6.19. The van der Waals surface area contributed by atoms with Crippen LogP contribution in [-0.2, 0) is 16.0 Å². The van der Waals surface area contributed by atoms with E-state index in [9.17, 15) is 14.9 Å². The first-order valence-corrected chi connectivity index (χ1v) is 9.98. The highest BCUT2D eigenvalue weighted by Gasteiger charge is 2.35. The Hall–Kier alpha value is -4.05. The van der Waals surface area contributed by atoms with E-state index in [1.165, 1.54) is 21.3 Å². The van der Waals surface area contributed by atoms with Gasteiger partial charge >= 0.3 is 0 Å². The number of imide groups is 1. The van der Waals surface area contributed by atoms with Crippen molar-refractivity contribution in [3.8, 4) is 23.3 Å². The second-order valence-electron chi connectivity index (χ2n) is 7.13. The molecule has 0 unspecified atom stereocenters. The number of amides is 2. The van der Waals surface area contributed by atoms with Gasteiger partial charge in [-0.25, -0.2) is 0 Å². The van der Waals surface area contributed by atoms with Crippen molar-refractivity contribution in [2.24, 2.45) is 0 Å². The lowest BCUT2D eigenvalue weighted by Gasteiger charge is -2.27. The molecule has 7 heteroatoms. The van der Waals surface area contributed by atoms with E-state index < -0.39 is 11.8 Å². The minimum Gasteiger partial charge on any atom is -0.493 e. The molecule has 2 amide bonds. The number of hydrogen-bond donors (Lipinski definition) is 0. The molecule has 2 aromatic rings. The molecule has 0 aromatic heterocycles. The molecule has 0 spiro atoms. The van der Waals surface area contributed by atoms with Gasteiger partial charge in [0, 0.05) is 12.1 Å². The Morgan fingerprint density at radius 1 is 0.969 bits per heavy atom. The standard InChI is InChI=1S/C25H24N2O5/c1-16-19(12-18-13-21(30-2)23(32-4)22(14-18)31-3)24(28)27(25(29)20(16)15-26)11-10-17-8-6-5-7-9-17/h5-9,12-14H,10-11H2,1-4H3/b19-12+. The zero-order valence-electron chi connectivity index (χ0n) is 18.5. The van der Waals surface area contributed by atoms with Crippen molar-refractivity contribution in [2.45, 2.75) is 13.3 Å². The summed E-state index contributed by atoms with van der Waals surface area (Å²) in [5.74, 6) is 0.267. The minimum atomic E-state index is -0.576. The number of hydrogen-bond acceptors (Lipinski definition) is 6. The van der Waals surface area contributed by atoms with Gasteiger partial charge in [0.15, 0.2) is 11.5 Å². The molecule has 3 rings (SSSR count). The van der Waals surface area contributed by atoms with Crippen molar-refractivity contribution in [3.05, 3.63) is 70.3 Å². The number of carbonyl (C=O) groups is 2. The van der Waals surface area contributed by atoms with Gasteiger partial charge in [0.2, 0.25) is 5.75 Å². The minimum absolute atomic E-state index is 0.0450. The first-order chi connectivity index (χ1) is 15.4. The zero-order valence-corrected chi connectivity index (χ0v) is 18.5. The van der Waals surface area contributed by atoms with Crippen molar-refractivity contribution < 1.29 is 23.8 Å². The summed E-state index contributed by atoms with van der Waals surface area (Å²) in [7, 11) is 4.51. The van der Waals surface area contributed by atoms with E-state index in [0.29, 0.717) is 34.8 Å². The molecule has 0 fully saturated rings. The lowest BCUT2D eigenvalue weighted by Crippen LogP contribution is -2.43. The molecule has 1 aliphatic heterocycles. The average molecular weight is 432 g/mol. The van der Waals surface area contributed by atoms with Crippen LogP contribution in [0.3, 0.4) is 0 Å². The molecule has 0 bridgehead atoms. The monoisotopic (exact) mass is 432 g/mol. The second-order valence-corrected chi connectivity index (χ2v) is 7.13. The predicted molar refractivity (Wildman–Crippen MR) is 119 cm³/mol. The third-order valence-electron chi connectivity index (χ3n) is 5.29. The van der Waals surface area contributed by atoms with Crippen LogP contribution in [0.15, 0.2) is 59.2 Å². The van der Waals surface area contributed by atoms with Gasteiger partial charge in [-0.15, -0.1) is 0 Å². The van der Waals surface area contributed by atoms with Crippen LogP contribution >= 0.6 is 0 Å². The maximum absolute atomic E-state index is 13.3. The summed E-state index contributed by atoms with van der Waals surface area (Å²) in [5, 5.41) is 9.59. The van der Waals surface area contributed by atoms with Gasteiger partial charge in [-0.2, -0.15) is 5.26 Å². The summed E-state index contributed by atoms with van der Waals surface area (Å²) in [5.41, 5.74) is 2.16. The molecule has 0 saturated heterocycles. The van der Waals surface area contributed by atoms with Crippen LogP contribution in [-0.4, -0.2) is 44.6 Å². The SMILES string of the molecule is COc1cc(/C=C2/C(=O)N(CCc3ccccc3)C(=O)C(C#N)=C2C)cc(OC)c1OC. The summed E-state index contributed by atoms with van der Waals surface area (Å²) in [6.07, 6.45) is 2.12. The molecule has 0 N–H and O–H groups in total. The number of carbonyl (C=O) groups excluding carboxylic acids is 2. The van der Waals surface area contributed by atoms with Gasteiger partial charge in [-0.05, 0) is 48.3 Å². The van der Waals surface area contributed by atoms with Crippen molar-refractivity contribution >= 4 is 17.9 Å². The maximum atomic E-state index is 13.3. The van der Waals surface area contributed by atoms with Crippen molar-refractivity contribution in [1.82, 2.24) is 4.90 Å². The Labute approximate surface area is 187 Å². The van der Waals surface area contributed by atoms with Gasteiger partial charge in [0.05, 0.1) is 21.3 Å². The number of rotatable bonds is 7. The first-order valence-electron chi connectivity index (χ1n) is 9.98. The van der Waals surface area contributed by atoms with Crippen LogP contribution in [0.4, 0.5) is 0 Å². The second kappa shape index (κ2) is 9.84. The third kappa shape index (κ3) is 4.35. The molecular weight excluding hydrogens is 408 g/mol. The van der Waals surface area contributed by atoms with Crippen LogP contribution in [0.2, 0.25) is 0 Å². The summed E-state index contributed by atoms with van der Waals surface area (Å²) in [4.78, 5) is 27.2. The predicted octanol–water partition coefficient (Wildman–Crippen LogP) is 3.55. The number of methoxy groups -OCH3 is 3. The molecule has 0 saturated carbocycles. The van der Waals surface area contributed by atoms with Gasteiger partial charge in [0.1, 0.15) is 11.6 Å². The Balaban J connectivity index is 2.03. The van der Waals surface area contributed by atoms with Crippen molar-refractivity contribution in [1.29, 1.82) is 5.26 Å². The fraction of sp³-hybridized carbons (Fsp3) is 0.240. The van der Waals surface area contributed by atoms with E-state index >= 15 is 0 Å². The van der Waals surface area contributed by atoms with E-state index in [-0.39, 0.29) is 17.7 Å². The number of nitriles is 1. The molecule has 7 nitrogen and oxygen atoms in total. The third-order valence-corrected chi connectivity index (χ3v) is 5.29. The molecule has 1 heterocycles. The fourth-order valence-corrected chi connectivity index (χ4v) is 3.57.